The first-order chi connectivity index (χ1) is 12.5. The lowest BCUT2D eigenvalue weighted by molar-refractivity contribution is 0.0478. The van der Waals surface area contributed by atoms with Crippen LogP contribution in [0.2, 0.25) is 5.02 Å². The van der Waals surface area contributed by atoms with Crippen molar-refractivity contribution in [2.24, 2.45) is 11.8 Å². The second-order valence-electron chi connectivity index (χ2n) is 7.98. The quantitative estimate of drug-likeness (QED) is 0.854. The lowest BCUT2D eigenvalue weighted by atomic mass is 9.89. The van der Waals surface area contributed by atoms with Crippen LogP contribution in [0.15, 0.2) is 18.2 Å². The van der Waals surface area contributed by atoms with E-state index in [1.165, 1.54) is 12.8 Å². The van der Waals surface area contributed by atoms with Gasteiger partial charge in [-0.05, 0) is 63.4 Å². The molecule has 1 N–H and O–H groups in total. The first kappa shape index (κ1) is 19.5. The fourth-order valence-electron chi connectivity index (χ4n) is 4.30. The zero-order valence-electron chi connectivity index (χ0n) is 15.8. The van der Waals surface area contributed by atoms with E-state index in [2.05, 4.69) is 9.80 Å². The minimum absolute atomic E-state index is 0.0155. The van der Waals surface area contributed by atoms with E-state index < -0.39 is 0 Å². The third kappa shape index (κ3) is 4.51. The van der Waals surface area contributed by atoms with Crippen LogP contribution in [0.4, 0.5) is 5.69 Å². The van der Waals surface area contributed by atoms with Crippen LogP contribution in [0.1, 0.15) is 29.6 Å². The molecule has 3 rings (SSSR count). The molecular weight excluding hydrogens is 350 g/mol. The molecule has 26 heavy (non-hydrogen) atoms. The van der Waals surface area contributed by atoms with Gasteiger partial charge in [0.05, 0.1) is 10.7 Å². The average Bonchev–Trinajstić information content (AvgIpc) is 3.14. The molecule has 0 radical (unpaired) electrons. The topological polar surface area (TPSA) is 47.0 Å². The Morgan fingerprint density at radius 2 is 1.92 bits per heavy atom. The molecular formula is C20H30ClN3O2. The van der Waals surface area contributed by atoms with Gasteiger partial charge in [0, 0.05) is 44.9 Å². The highest BCUT2D eigenvalue weighted by Crippen LogP contribution is 2.31. The number of rotatable bonds is 5. The molecule has 0 aliphatic carbocycles. The maximum Gasteiger partial charge on any atom is 0.253 e. The van der Waals surface area contributed by atoms with Crippen LogP contribution in [-0.2, 0) is 0 Å². The number of likely N-dealkylation sites (tertiary alicyclic amines) is 1. The standard InChI is InChI=1S/C20H30ClN3O2/c1-22(2)11-15-9-16(14-25)13-24(12-15)20(26)17-5-6-19(18(21)10-17)23-7-3-4-8-23/h5-6,10,15-16,25H,3-4,7-9,11-14H2,1-2H3/t15-,16+/m1/s1. The summed E-state index contributed by atoms with van der Waals surface area (Å²) in [5.74, 6) is 0.554. The number of amides is 1. The van der Waals surface area contributed by atoms with Gasteiger partial charge in [-0.15, -0.1) is 0 Å². The van der Waals surface area contributed by atoms with E-state index in [0.29, 0.717) is 23.0 Å². The van der Waals surface area contributed by atoms with E-state index in [9.17, 15) is 9.90 Å². The van der Waals surface area contributed by atoms with E-state index in [1.54, 1.807) is 6.07 Å². The molecule has 0 bridgehead atoms. The first-order valence-corrected chi connectivity index (χ1v) is 9.95. The van der Waals surface area contributed by atoms with Crippen LogP contribution < -0.4 is 4.90 Å². The summed E-state index contributed by atoms with van der Waals surface area (Å²) < 4.78 is 0. The Hall–Kier alpha value is -1.30. The summed E-state index contributed by atoms with van der Waals surface area (Å²) in [6.07, 6.45) is 3.36. The van der Waals surface area contributed by atoms with Crippen molar-refractivity contribution in [3.05, 3.63) is 28.8 Å². The van der Waals surface area contributed by atoms with E-state index in [1.807, 2.05) is 31.1 Å². The Balaban J connectivity index is 1.73. The zero-order chi connectivity index (χ0) is 18.7. The van der Waals surface area contributed by atoms with Gasteiger partial charge in [0.15, 0.2) is 0 Å². The minimum Gasteiger partial charge on any atom is -0.396 e. The van der Waals surface area contributed by atoms with Gasteiger partial charge in [-0.3, -0.25) is 4.79 Å². The van der Waals surface area contributed by atoms with Crippen LogP contribution in [0, 0.1) is 11.8 Å². The van der Waals surface area contributed by atoms with E-state index in [0.717, 1.165) is 38.3 Å². The van der Waals surface area contributed by atoms with Gasteiger partial charge in [0.25, 0.3) is 5.91 Å². The maximum atomic E-state index is 13.0. The van der Waals surface area contributed by atoms with Gasteiger partial charge in [-0.1, -0.05) is 11.6 Å². The predicted molar refractivity (Wildman–Crippen MR) is 106 cm³/mol. The predicted octanol–water partition coefficient (Wildman–Crippen LogP) is 2.57. The molecule has 6 heteroatoms. The monoisotopic (exact) mass is 379 g/mol. The number of hydrogen-bond acceptors (Lipinski definition) is 4. The molecule has 2 aliphatic heterocycles. The molecule has 1 aromatic rings. The lowest BCUT2D eigenvalue weighted by Crippen LogP contribution is -2.47. The van der Waals surface area contributed by atoms with Crippen molar-refractivity contribution in [1.29, 1.82) is 0 Å². The number of nitrogens with zero attached hydrogens (tertiary/aromatic N) is 3. The summed E-state index contributed by atoms with van der Waals surface area (Å²) in [6.45, 7) is 4.47. The summed E-state index contributed by atoms with van der Waals surface area (Å²) >= 11 is 6.49. The highest BCUT2D eigenvalue weighted by atomic mass is 35.5. The fraction of sp³-hybridized carbons (Fsp3) is 0.650. The van der Waals surface area contributed by atoms with Crippen molar-refractivity contribution in [3.8, 4) is 0 Å². The number of carbonyl (C=O) groups excluding carboxylic acids is 1. The molecule has 5 nitrogen and oxygen atoms in total. The van der Waals surface area contributed by atoms with Gasteiger partial charge in [0.1, 0.15) is 0 Å². The highest BCUT2D eigenvalue weighted by molar-refractivity contribution is 6.33. The Labute approximate surface area is 161 Å². The fourth-order valence-corrected chi connectivity index (χ4v) is 4.60. The van der Waals surface area contributed by atoms with Crippen molar-refractivity contribution >= 4 is 23.2 Å². The molecule has 2 heterocycles. The van der Waals surface area contributed by atoms with Crippen LogP contribution in [0.25, 0.3) is 0 Å². The second kappa shape index (κ2) is 8.59. The smallest absolute Gasteiger partial charge is 0.253 e. The summed E-state index contributed by atoms with van der Waals surface area (Å²) in [7, 11) is 4.09. The number of piperidine rings is 1. The average molecular weight is 380 g/mol. The lowest BCUT2D eigenvalue weighted by Gasteiger charge is -2.38. The van der Waals surface area contributed by atoms with Gasteiger partial charge in [-0.25, -0.2) is 0 Å². The van der Waals surface area contributed by atoms with Gasteiger partial charge in [-0.2, -0.15) is 0 Å². The molecule has 0 unspecified atom stereocenters. The van der Waals surface area contributed by atoms with E-state index in [4.69, 9.17) is 11.6 Å². The summed E-state index contributed by atoms with van der Waals surface area (Å²) in [5, 5.41) is 10.3. The third-order valence-electron chi connectivity index (χ3n) is 5.43. The SMILES string of the molecule is CN(C)C[C@H]1C[C@H](CO)CN(C(=O)c2ccc(N3CCCC3)c(Cl)c2)C1. The van der Waals surface area contributed by atoms with Crippen LogP contribution in [-0.4, -0.2) is 74.2 Å². The van der Waals surface area contributed by atoms with Crippen molar-refractivity contribution in [2.45, 2.75) is 19.3 Å². The third-order valence-corrected chi connectivity index (χ3v) is 5.74. The van der Waals surface area contributed by atoms with Crippen LogP contribution in [0.3, 0.4) is 0 Å². The molecule has 144 valence electrons. The largest absolute Gasteiger partial charge is 0.396 e. The molecule has 1 amide bonds. The number of aliphatic hydroxyl groups excluding tert-OH is 1. The van der Waals surface area contributed by atoms with Crippen LogP contribution in [0.5, 0.6) is 0 Å². The molecule has 0 saturated carbocycles. The number of carbonyl (C=O) groups is 1. The second-order valence-corrected chi connectivity index (χ2v) is 8.39. The number of hydrogen-bond donors (Lipinski definition) is 1. The molecule has 1 aromatic carbocycles. The summed E-state index contributed by atoms with van der Waals surface area (Å²) in [6, 6.07) is 5.68. The van der Waals surface area contributed by atoms with Gasteiger partial charge >= 0.3 is 0 Å². The van der Waals surface area contributed by atoms with Gasteiger partial charge < -0.3 is 19.8 Å². The zero-order valence-corrected chi connectivity index (χ0v) is 16.6. The summed E-state index contributed by atoms with van der Waals surface area (Å²) in [5.41, 5.74) is 1.67. The number of halogens is 1. The number of anilines is 1. The van der Waals surface area contributed by atoms with E-state index in [-0.39, 0.29) is 18.4 Å². The molecule has 0 spiro atoms. The molecule has 2 fully saturated rings. The van der Waals surface area contributed by atoms with Gasteiger partial charge in [0.2, 0.25) is 0 Å². The first-order valence-electron chi connectivity index (χ1n) is 9.57. The van der Waals surface area contributed by atoms with Crippen LogP contribution >= 0.6 is 11.6 Å². The molecule has 2 saturated heterocycles. The van der Waals surface area contributed by atoms with Crippen molar-refractivity contribution in [2.75, 3.05) is 58.3 Å². The van der Waals surface area contributed by atoms with Crippen molar-refractivity contribution in [3.63, 3.8) is 0 Å². The Morgan fingerprint density at radius 3 is 2.54 bits per heavy atom. The number of aliphatic hydroxyl groups is 1. The summed E-state index contributed by atoms with van der Waals surface area (Å²) in [4.78, 5) is 19.4. The molecule has 2 aliphatic rings. The number of benzene rings is 1. The Morgan fingerprint density at radius 1 is 1.23 bits per heavy atom. The molecule has 2 atom stereocenters. The normalized spacial score (nSPS) is 23.7. The highest BCUT2D eigenvalue weighted by Gasteiger charge is 2.30. The maximum absolute atomic E-state index is 13.0. The van der Waals surface area contributed by atoms with E-state index >= 15 is 0 Å². The Kier molecular flexibility index (Phi) is 6.43. The molecule has 0 aromatic heterocycles. The van der Waals surface area contributed by atoms with Crippen molar-refractivity contribution in [1.82, 2.24) is 9.80 Å². The minimum atomic E-state index is 0.0155. The Bertz CT molecular complexity index is 631. The van der Waals surface area contributed by atoms with Crippen molar-refractivity contribution < 1.29 is 9.90 Å².